The van der Waals surface area contributed by atoms with E-state index in [1.165, 1.54) is 0 Å². The van der Waals surface area contributed by atoms with E-state index in [1.807, 2.05) is 11.8 Å². The normalized spacial score (nSPS) is 19.9. The average Bonchev–Trinajstić information content (AvgIpc) is 2.80. The molecule has 0 aromatic heterocycles. The van der Waals surface area contributed by atoms with Gasteiger partial charge in [0.05, 0.1) is 35.6 Å². The van der Waals surface area contributed by atoms with Gasteiger partial charge in [-0.3, -0.25) is 9.69 Å². The summed E-state index contributed by atoms with van der Waals surface area (Å²) in [4.78, 5) is 30.9. The molecule has 184 valence electrons. The number of carbonyl (C=O) groups excluding carboxylic acids is 2. The van der Waals surface area contributed by atoms with Crippen LogP contribution in [0.15, 0.2) is 12.1 Å². The number of morpholine rings is 1. The second-order valence-electron chi connectivity index (χ2n) is 8.87. The Morgan fingerprint density at radius 3 is 2.67 bits per heavy atom. The highest BCUT2D eigenvalue weighted by Crippen LogP contribution is 2.29. The zero-order valence-corrected chi connectivity index (χ0v) is 20.6. The minimum Gasteiger partial charge on any atom is -0.493 e. The number of nitrogen functional groups attached to an aromatic ring is 1. The van der Waals surface area contributed by atoms with Crippen LogP contribution in [0.25, 0.3) is 0 Å². The van der Waals surface area contributed by atoms with Crippen molar-refractivity contribution in [3.05, 3.63) is 22.7 Å². The monoisotopic (exact) mass is 481 g/mol. The van der Waals surface area contributed by atoms with E-state index >= 15 is 0 Å². The van der Waals surface area contributed by atoms with Gasteiger partial charge in [0, 0.05) is 59.4 Å². The van der Waals surface area contributed by atoms with Crippen molar-refractivity contribution >= 4 is 29.2 Å². The molecular formula is C23H36ClN5O4. The SMILES string of the molecule is CCOc1cc(N)c(Cl)cc1C(=O)NCC1CN(CC2CCN(C(=O)N(C)C)CC2)CCO1. The third kappa shape index (κ3) is 6.88. The molecule has 2 heterocycles. The number of likely N-dealkylation sites (tertiary alicyclic amines) is 1. The average molecular weight is 482 g/mol. The molecule has 3 rings (SSSR count). The van der Waals surface area contributed by atoms with Crippen LogP contribution in [-0.2, 0) is 4.74 Å². The molecule has 3 N–H and O–H groups in total. The first-order valence-electron chi connectivity index (χ1n) is 11.6. The number of amides is 3. The summed E-state index contributed by atoms with van der Waals surface area (Å²) >= 11 is 6.12. The van der Waals surface area contributed by atoms with Crippen molar-refractivity contribution in [3.8, 4) is 5.75 Å². The van der Waals surface area contributed by atoms with Crippen molar-refractivity contribution in [2.45, 2.75) is 25.9 Å². The molecule has 1 atom stereocenters. The molecule has 2 saturated heterocycles. The van der Waals surface area contributed by atoms with Gasteiger partial charge in [0.2, 0.25) is 0 Å². The van der Waals surface area contributed by atoms with Crippen LogP contribution in [0.4, 0.5) is 10.5 Å². The molecule has 0 bridgehead atoms. The van der Waals surface area contributed by atoms with Gasteiger partial charge in [-0.2, -0.15) is 0 Å². The molecule has 2 aliphatic rings. The fourth-order valence-electron chi connectivity index (χ4n) is 4.35. The lowest BCUT2D eigenvalue weighted by atomic mass is 9.96. The van der Waals surface area contributed by atoms with E-state index in [2.05, 4.69) is 10.2 Å². The Balaban J connectivity index is 1.47. The largest absolute Gasteiger partial charge is 0.493 e. The maximum absolute atomic E-state index is 12.8. The molecule has 33 heavy (non-hydrogen) atoms. The van der Waals surface area contributed by atoms with E-state index < -0.39 is 0 Å². The first-order valence-corrected chi connectivity index (χ1v) is 12.0. The van der Waals surface area contributed by atoms with Crippen LogP contribution in [0.2, 0.25) is 5.02 Å². The van der Waals surface area contributed by atoms with E-state index in [0.717, 1.165) is 45.6 Å². The zero-order chi connectivity index (χ0) is 24.0. The summed E-state index contributed by atoms with van der Waals surface area (Å²) < 4.78 is 11.4. The van der Waals surface area contributed by atoms with Gasteiger partial charge < -0.3 is 30.3 Å². The van der Waals surface area contributed by atoms with Gasteiger partial charge in [-0.25, -0.2) is 4.79 Å². The molecule has 9 nitrogen and oxygen atoms in total. The van der Waals surface area contributed by atoms with Gasteiger partial charge in [-0.05, 0) is 31.7 Å². The fraction of sp³-hybridized carbons (Fsp3) is 0.652. The number of nitrogens with zero attached hydrogens (tertiary/aromatic N) is 3. The first-order chi connectivity index (χ1) is 15.8. The smallest absolute Gasteiger partial charge is 0.319 e. The van der Waals surface area contributed by atoms with Crippen molar-refractivity contribution in [3.63, 3.8) is 0 Å². The third-order valence-electron chi connectivity index (χ3n) is 6.14. The zero-order valence-electron chi connectivity index (χ0n) is 19.8. The number of benzene rings is 1. The van der Waals surface area contributed by atoms with E-state index in [0.29, 0.717) is 47.7 Å². The van der Waals surface area contributed by atoms with Crippen LogP contribution < -0.4 is 15.8 Å². The summed E-state index contributed by atoms with van der Waals surface area (Å²) in [5.74, 6) is 0.719. The maximum atomic E-state index is 12.8. The highest BCUT2D eigenvalue weighted by atomic mass is 35.5. The molecule has 0 spiro atoms. The van der Waals surface area contributed by atoms with Gasteiger partial charge in [-0.1, -0.05) is 11.6 Å². The Morgan fingerprint density at radius 1 is 1.27 bits per heavy atom. The summed E-state index contributed by atoms with van der Waals surface area (Å²) in [5.41, 5.74) is 6.59. The topological polar surface area (TPSA) is 100 Å². The predicted octanol–water partition coefficient (Wildman–Crippen LogP) is 2.15. The Hall–Kier alpha value is -2.23. The van der Waals surface area contributed by atoms with Crippen LogP contribution in [-0.4, -0.2) is 99.3 Å². The lowest BCUT2D eigenvalue weighted by Crippen LogP contribution is -2.50. The fourth-order valence-corrected chi connectivity index (χ4v) is 4.51. The number of halogens is 1. The minimum atomic E-state index is -0.265. The number of carbonyl (C=O) groups is 2. The molecule has 1 aromatic rings. The van der Waals surface area contributed by atoms with Crippen LogP contribution >= 0.6 is 11.6 Å². The molecule has 10 heteroatoms. The molecule has 3 amide bonds. The number of rotatable bonds is 7. The minimum absolute atomic E-state index is 0.0853. The van der Waals surface area contributed by atoms with Crippen molar-refractivity contribution in [2.75, 3.05) is 72.3 Å². The summed E-state index contributed by atoms with van der Waals surface area (Å²) in [6.07, 6.45) is 1.94. The number of ether oxygens (including phenoxy) is 2. The number of nitrogens with one attached hydrogen (secondary N) is 1. The number of urea groups is 1. The van der Waals surface area contributed by atoms with Crippen molar-refractivity contribution in [2.24, 2.45) is 5.92 Å². The number of nitrogens with two attached hydrogens (primary N) is 1. The van der Waals surface area contributed by atoms with E-state index in [4.69, 9.17) is 26.8 Å². The number of piperidine rings is 1. The molecular weight excluding hydrogens is 446 g/mol. The molecule has 1 unspecified atom stereocenters. The second-order valence-corrected chi connectivity index (χ2v) is 9.28. The summed E-state index contributed by atoms with van der Waals surface area (Å²) in [6.45, 7) is 7.54. The number of hydrogen-bond donors (Lipinski definition) is 2. The third-order valence-corrected chi connectivity index (χ3v) is 6.47. The number of anilines is 1. The van der Waals surface area contributed by atoms with Gasteiger partial charge >= 0.3 is 6.03 Å². The Bertz CT molecular complexity index is 829. The highest BCUT2D eigenvalue weighted by Gasteiger charge is 2.28. The first kappa shape index (κ1) is 25.4. The van der Waals surface area contributed by atoms with Crippen molar-refractivity contribution in [1.82, 2.24) is 20.0 Å². The summed E-state index contributed by atoms with van der Waals surface area (Å²) in [5, 5.41) is 3.27. The predicted molar refractivity (Wildman–Crippen MR) is 129 cm³/mol. The Morgan fingerprint density at radius 2 is 2.00 bits per heavy atom. The van der Waals surface area contributed by atoms with Crippen LogP contribution in [0, 0.1) is 5.92 Å². The Kier molecular flexibility index (Phi) is 9.05. The summed E-state index contributed by atoms with van der Waals surface area (Å²) in [6, 6.07) is 3.21. The van der Waals surface area contributed by atoms with E-state index in [1.54, 1.807) is 31.1 Å². The van der Waals surface area contributed by atoms with E-state index in [-0.39, 0.29) is 18.0 Å². The van der Waals surface area contributed by atoms with Crippen LogP contribution in [0.5, 0.6) is 5.75 Å². The standard InChI is InChI=1S/C23H36ClN5O4/c1-4-32-21-12-20(25)19(24)11-18(21)22(30)26-13-17-15-28(9-10-33-17)14-16-5-7-29(8-6-16)23(31)27(2)3/h11-12,16-17H,4-10,13-15,25H2,1-3H3,(H,26,30). The lowest BCUT2D eigenvalue weighted by molar-refractivity contribution is -0.0331. The maximum Gasteiger partial charge on any atom is 0.319 e. The molecule has 1 aromatic carbocycles. The molecule has 2 aliphatic heterocycles. The van der Waals surface area contributed by atoms with Gasteiger partial charge in [0.1, 0.15) is 5.75 Å². The summed E-state index contributed by atoms with van der Waals surface area (Å²) in [7, 11) is 3.58. The van der Waals surface area contributed by atoms with Crippen molar-refractivity contribution < 1.29 is 19.1 Å². The molecule has 0 saturated carbocycles. The second kappa shape index (κ2) is 11.8. The van der Waals surface area contributed by atoms with Gasteiger partial charge in [0.15, 0.2) is 0 Å². The van der Waals surface area contributed by atoms with Crippen LogP contribution in [0.1, 0.15) is 30.1 Å². The van der Waals surface area contributed by atoms with Crippen LogP contribution in [0.3, 0.4) is 0 Å². The highest BCUT2D eigenvalue weighted by molar-refractivity contribution is 6.33. The van der Waals surface area contributed by atoms with Gasteiger partial charge in [-0.15, -0.1) is 0 Å². The molecule has 0 aliphatic carbocycles. The van der Waals surface area contributed by atoms with E-state index in [9.17, 15) is 9.59 Å². The molecule has 2 fully saturated rings. The lowest BCUT2D eigenvalue weighted by Gasteiger charge is -2.38. The Labute approximate surface area is 201 Å². The van der Waals surface area contributed by atoms with Crippen molar-refractivity contribution in [1.29, 1.82) is 0 Å². The quantitative estimate of drug-likeness (QED) is 0.579. The van der Waals surface area contributed by atoms with Gasteiger partial charge in [0.25, 0.3) is 5.91 Å². The molecule has 0 radical (unpaired) electrons. The number of hydrogen-bond acceptors (Lipinski definition) is 6.